The number of rotatable bonds is 5. The van der Waals surface area contributed by atoms with Crippen LogP contribution in [0.2, 0.25) is 0 Å². The van der Waals surface area contributed by atoms with Gasteiger partial charge in [-0.25, -0.2) is 4.98 Å². The summed E-state index contributed by atoms with van der Waals surface area (Å²) in [6.07, 6.45) is 2.09. The molecule has 1 saturated heterocycles. The summed E-state index contributed by atoms with van der Waals surface area (Å²) in [4.78, 5) is 33.4. The molecule has 0 unspecified atom stereocenters. The standard InChI is InChI=1S/C26H26N4O2S3/c1-16-6-9-19(10-7-16)30-24(32)22-23(27-25(30)34-15-21(31)28-12-4-5-13-28)29(26(33)35-22)20-11-8-17(2)18(3)14-20/h6-11,14H,4-5,12-13,15H2,1-3H3. The zero-order valence-electron chi connectivity index (χ0n) is 19.9. The summed E-state index contributed by atoms with van der Waals surface area (Å²) >= 11 is 8.28. The summed E-state index contributed by atoms with van der Waals surface area (Å²) in [6.45, 7) is 7.73. The monoisotopic (exact) mass is 522 g/mol. The molecule has 35 heavy (non-hydrogen) atoms. The van der Waals surface area contributed by atoms with Crippen LogP contribution in [0.25, 0.3) is 21.7 Å². The minimum atomic E-state index is -0.173. The topological polar surface area (TPSA) is 60.1 Å². The molecule has 9 heteroatoms. The summed E-state index contributed by atoms with van der Waals surface area (Å²) in [5.41, 5.74) is 5.40. The van der Waals surface area contributed by atoms with Gasteiger partial charge in [-0.05, 0) is 81.2 Å². The lowest BCUT2D eigenvalue weighted by Crippen LogP contribution is -2.29. The number of likely N-dealkylation sites (tertiary alicyclic amines) is 1. The molecular weight excluding hydrogens is 497 g/mol. The van der Waals surface area contributed by atoms with Crippen LogP contribution in [0.15, 0.2) is 52.4 Å². The molecule has 180 valence electrons. The fraction of sp³-hybridized carbons (Fsp3) is 0.308. The molecule has 1 aliphatic rings. The fourth-order valence-electron chi connectivity index (χ4n) is 4.23. The summed E-state index contributed by atoms with van der Waals surface area (Å²) in [5.74, 6) is 0.312. The van der Waals surface area contributed by atoms with Crippen LogP contribution in [0.4, 0.5) is 0 Å². The Labute approximate surface area is 217 Å². The number of aromatic nitrogens is 3. The molecule has 2 aromatic carbocycles. The van der Waals surface area contributed by atoms with Gasteiger partial charge in [0.25, 0.3) is 5.56 Å². The molecule has 1 aliphatic heterocycles. The van der Waals surface area contributed by atoms with E-state index in [0.717, 1.165) is 48.4 Å². The van der Waals surface area contributed by atoms with Crippen molar-refractivity contribution in [2.24, 2.45) is 0 Å². The van der Waals surface area contributed by atoms with Gasteiger partial charge in [0.05, 0.1) is 11.4 Å². The van der Waals surface area contributed by atoms with Gasteiger partial charge in [0.2, 0.25) is 5.91 Å². The highest BCUT2D eigenvalue weighted by molar-refractivity contribution is 7.99. The van der Waals surface area contributed by atoms with Crippen LogP contribution in [0.3, 0.4) is 0 Å². The molecule has 0 atom stereocenters. The molecule has 0 spiro atoms. The van der Waals surface area contributed by atoms with Gasteiger partial charge in [-0.3, -0.25) is 18.7 Å². The van der Waals surface area contributed by atoms with Crippen LogP contribution in [0.1, 0.15) is 29.5 Å². The average Bonchev–Trinajstić information content (AvgIpc) is 3.49. The van der Waals surface area contributed by atoms with Gasteiger partial charge in [0.15, 0.2) is 14.8 Å². The number of carbonyl (C=O) groups excluding carboxylic acids is 1. The lowest BCUT2D eigenvalue weighted by molar-refractivity contribution is -0.127. The number of hydrogen-bond donors (Lipinski definition) is 0. The van der Waals surface area contributed by atoms with Gasteiger partial charge < -0.3 is 4.90 Å². The van der Waals surface area contributed by atoms with Crippen LogP contribution >= 0.6 is 35.3 Å². The fourth-order valence-corrected chi connectivity index (χ4v) is 6.44. The first-order valence-corrected chi connectivity index (χ1v) is 13.8. The van der Waals surface area contributed by atoms with Gasteiger partial charge in [-0.1, -0.05) is 46.9 Å². The van der Waals surface area contributed by atoms with E-state index < -0.39 is 0 Å². The molecule has 1 amide bonds. The second kappa shape index (κ2) is 9.72. The van der Waals surface area contributed by atoms with Crippen molar-refractivity contribution in [1.29, 1.82) is 0 Å². The minimum absolute atomic E-state index is 0.0774. The Morgan fingerprint density at radius 2 is 1.69 bits per heavy atom. The molecule has 1 fully saturated rings. The van der Waals surface area contributed by atoms with Crippen molar-refractivity contribution < 1.29 is 4.79 Å². The third-order valence-corrected chi connectivity index (χ3v) is 8.68. The second-order valence-corrected chi connectivity index (χ2v) is 11.5. The first-order valence-electron chi connectivity index (χ1n) is 11.6. The van der Waals surface area contributed by atoms with E-state index in [2.05, 4.69) is 19.9 Å². The van der Waals surface area contributed by atoms with E-state index in [0.29, 0.717) is 19.5 Å². The van der Waals surface area contributed by atoms with E-state index >= 15 is 0 Å². The van der Waals surface area contributed by atoms with Crippen molar-refractivity contribution in [3.63, 3.8) is 0 Å². The molecular formula is C26H26N4O2S3. The normalized spacial score (nSPS) is 13.6. The highest BCUT2D eigenvalue weighted by Crippen LogP contribution is 2.28. The predicted molar refractivity (Wildman–Crippen MR) is 146 cm³/mol. The van der Waals surface area contributed by atoms with Crippen LogP contribution < -0.4 is 5.56 Å². The Kier molecular flexibility index (Phi) is 6.65. The molecule has 6 nitrogen and oxygen atoms in total. The third kappa shape index (κ3) is 4.60. The second-order valence-electron chi connectivity index (χ2n) is 8.87. The van der Waals surface area contributed by atoms with Crippen molar-refractivity contribution in [3.8, 4) is 11.4 Å². The number of carbonyl (C=O) groups is 1. The van der Waals surface area contributed by atoms with E-state index in [9.17, 15) is 9.59 Å². The van der Waals surface area contributed by atoms with E-state index in [1.54, 1.807) is 4.57 Å². The number of thiazole rings is 1. The Bertz CT molecular complexity index is 1540. The maximum absolute atomic E-state index is 13.8. The van der Waals surface area contributed by atoms with E-state index in [-0.39, 0.29) is 17.2 Å². The maximum Gasteiger partial charge on any atom is 0.278 e. The average molecular weight is 523 g/mol. The zero-order valence-corrected chi connectivity index (χ0v) is 22.4. The number of nitrogens with zero attached hydrogens (tertiary/aromatic N) is 4. The summed E-state index contributed by atoms with van der Waals surface area (Å²) < 4.78 is 4.55. The first-order chi connectivity index (χ1) is 16.8. The molecule has 0 bridgehead atoms. The molecule has 0 aliphatic carbocycles. The van der Waals surface area contributed by atoms with E-state index in [1.165, 1.54) is 28.7 Å². The Hall–Kier alpha value is -2.75. The van der Waals surface area contributed by atoms with Crippen molar-refractivity contribution >= 4 is 51.6 Å². The number of amides is 1. The molecule has 2 aromatic heterocycles. The van der Waals surface area contributed by atoms with Crippen molar-refractivity contribution in [1.82, 2.24) is 19.0 Å². The first kappa shape index (κ1) is 24.0. The summed E-state index contributed by atoms with van der Waals surface area (Å²) in [7, 11) is 0. The molecule has 4 aromatic rings. The number of aryl methyl sites for hydroxylation is 3. The highest BCUT2D eigenvalue weighted by Gasteiger charge is 2.22. The van der Waals surface area contributed by atoms with Crippen molar-refractivity contribution in [2.75, 3.05) is 18.8 Å². The molecule has 0 N–H and O–H groups in total. The quantitative estimate of drug-likeness (QED) is 0.194. The van der Waals surface area contributed by atoms with E-state index in [4.69, 9.17) is 17.2 Å². The molecule has 0 saturated carbocycles. The van der Waals surface area contributed by atoms with Crippen LogP contribution in [-0.2, 0) is 4.79 Å². The zero-order chi connectivity index (χ0) is 24.7. The summed E-state index contributed by atoms with van der Waals surface area (Å²) in [5, 5.41) is 0.490. The Morgan fingerprint density at radius 3 is 2.37 bits per heavy atom. The predicted octanol–water partition coefficient (Wildman–Crippen LogP) is 5.61. The van der Waals surface area contributed by atoms with Gasteiger partial charge >= 0.3 is 0 Å². The highest BCUT2D eigenvalue weighted by atomic mass is 32.2. The minimum Gasteiger partial charge on any atom is -0.342 e. The van der Waals surface area contributed by atoms with Gasteiger partial charge in [0.1, 0.15) is 4.70 Å². The summed E-state index contributed by atoms with van der Waals surface area (Å²) in [6, 6.07) is 13.9. The molecule has 0 radical (unpaired) electrons. The van der Waals surface area contributed by atoms with Gasteiger partial charge in [-0.15, -0.1) is 0 Å². The number of hydrogen-bond acceptors (Lipinski definition) is 6. The van der Waals surface area contributed by atoms with Crippen molar-refractivity contribution in [2.45, 2.75) is 38.8 Å². The largest absolute Gasteiger partial charge is 0.342 e. The lowest BCUT2D eigenvalue weighted by atomic mass is 10.1. The van der Waals surface area contributed by atoms with Gasteiger partial charge in [0, 0.05) is 18.8 Å². The van der Waals surface area contributed by atoms with Gasteiger partial charge in [-0.2, -0.15) is 0 Å². The SMILES string of the molecule is Cc1ccc(-n2c(SCC(=O)N3CCCC3)nc3c(sc(=S)n3-c3ccc(C)c(C)c3)c2=O)cc1. The van der Waals surface area contributed by atoms with Crippen LogP contribution in [0, 0.1) is 24.7 Å². The molecule has 3 heterocycles. The Balaban J connectivity index is 1.67. The van der Waals surface area contributed by atoms with Crippen LogP contribution in [-0.4, -0.2) is 43.8 Å². The smallest absolute Gasteiger partial charge is 0.278 e. The van der Waals surface area contributed by atoms with E-state index in [1.807, 2.05) is 52.8 Å². The van der Waals surface area contributed by atoms with Crippen LogP contribution in [0.5, 0.6) is 0 Å². The van der Waals surface area contributed by atoms with Crippen molar-refractivity contribution in [3.05, 3.63) is 73.5 Å². The number of fused-ring (bicyclic) bond motifs is 1. The maximum atomic E-state index is 13.8. The number of benzene rings is 2. The number of thioether (sulfide) groups is 1. The molecule has 5 rings (SSSR count). The lowest BCUT2D eigenvalue weighted by Gasteiger charge is -2.16. The third-order valence-electron chi connectivity index (χ3n) is 6.40. The Morgan fingerprint density at radius 1 is 1.00 bits per heavy atom.